The second-order valence-corrected chi connectivity index (χ2v) is 8.57. The first kappa shape index (κ1) is 21.6. The van der Waals surface area contributed by atoms with Crippen molar-refractivity contribution in [2.45, 2.75) is 25.9 Å². The Morgan fingerprint density at radius 3 is 2.35 bits per heavy atom. The summed E-state index contributed by atoms with van der Waals surface area (Å²) in [6, 6.07) is 28.0. The van der Waals surface area contributed by atoms with E-state index in [4.69, 9.17) is 0 Å². The molecule has 0 unspecified atom stereocenters. The average molecular weight is 451 g/mol. The van der Waals surface area contributed by atoms with Gasteiger partial charge in [0, 0.05) is 29.4 Å². The van der Waals surface area contributed by atoms with Gasteiger partial charge < -0.3 is 9.88 Å². The van der Waals surface area contributed by atoms with Gasteiger partial charge in [-0.25, -0.2) is 4.68 Å². The number of carbonyl (C=O) groups is 1. The molecule has 0 spiro atoms. The number of para-hydroxylation sites is 1. The molecule has 1 N–H and O–H groups in total. The number of carbonyl (C=O) groups excluding carboxylic acids is 1. The van der Waals surface area contributed by atoms with Gasteiger partial charge in [-0.2, -0.15) is 5.10 Å². The maximum absolute atomic E-state index is 13.5. The quantitative estimate of drug-likeness (QED) is 0.402. The predicted octanol–water partition coefficient (Wildman–Crippen LogP) is 4.32. The minimum atomic E-state index is -0.268. The molecule has 0 saturated carbocycles. The zero-order valence-corrected chi connectivity index (χ0v) is 19.0. The number of aromatic nitrogens is 3. The fourth-order valence-electron chi connectivity index (χ4n) is 4.39. The Morgan fingerprint density at radius 1 is 0.912 bits per heavy atom. The summed E-state index contributed by atoms with van der Waals surface area (Å²) in [5, 5.41) is 9.05. The Kier molecular flexibility index (Phi) is 5.95. The molecule has 0 bridgehead atoms. The van der Waals surface area contributed by atoms with Crippen LogP contribution >= 0.6 is 0 Å². The van der Waals surface area contributed by atoms with Crippen LogP contribution in [0.4, 0.5) is 0 Å². The molecule has 0 radical (unpaired) electrons. The number of hydrogen-bond acceptors (Lipinski definition) is 3. The molecule has 2 heterocycles. The van der Waals surface area contributed by atoms with Crippen LogP contribution in [0.1, 0.15) is 24.0 Å². The number of amides is 1. The minimum absolute atomic E-state index is 0.122. The van der Waals surface area contributed by atoms with Crippen molar-refractivity contribution in [2.75, 3.05) is 6.54 Å². The van der Waals surface area contributed by atoms with E-state index in [1.54, 1.807) is 6.20 Å². The molecule has 0 saturated heterocycles. The number of nitrogens with one attached hydrogen (secondary N) is 1. The first-order valence-corrected chi connectivity index (χ1v) is 11.4. The summed E-state index contributed by atoms with van der Waals surface area (Å²) < 4.78 is 3.28. The number of rotatable bonds is 7. The fourth-order valence-corrected chi connectivity index (χ4v) is 4.39. The smallest absolute Gasteiger partial charge is 0.291 e. The number of nitrogens with zero attached hydrogens (tertiary/aromatic N) is 3. The molecule has 1 amide bonds. The monoisotopic (exact) mass is 450 g/mol. The third-order valence-corrected chi connectivity index (χ3v) is 6.22. The number of hydrogen-bond donors (Lipinski definition) is 1. The Labute approximate surface area is 197 Å². The minimum Gasteiger partial charge on any atom is -0.354 e. The summed E-state index contributed by atoms with van der Waals surface area (Å²) in [4.78, 5) is 26.2. The maximum atomic E-state index is 13.5. The molecule has 5 rings (SSSR count). The molecule has 0 fully saturated rings. The summed E-state index contributed by atoms with van der Waals surface area (Å²) in [5.74, 6) is -0.0619. The van der Waals surface area contributed by atoms with E-state index in [1.165, 1.54) is 4.68 Å². The molecule has 6 heteroatoms. The molecule has 0 aliphatic carbocycles. The highest BCUT2D eigenvalue weighted by Gasteiger charge is 2.17. The van der Waals surface area contributed by atoms with Crippen molar-refractivity contribution >= 4 is 27.7 Å². The van der Waals surface area contributed by atoms with Crippen molar-refractivity contribution in [1.82, 2.24) is 19.7 Å². The highest BCUT2D eigenvalue weighted by Crippen LogP contribution is 2.27. The summed E-state index contributed by atoms with van der Waals surface area (Å²) in [6.45, 7) is 3.00. The number of benzene rings is 3. The van der Waals surface area contributed by atoms with Gasteiger partial charge in [-0.05, 0) is 23.1 Å². The largest absolute Gasteiger partial charge is 0.354 e. The lowest BCUT2D eigenvalue weighted by molar-refractivity contribution is -0.121. The second-order valence-electron chi connectivity index (χ2n) is 8.57. The van der Waals surface area contributed by atoms with Gasteiger partial charge in [0.15, 0.2) is 0 Å². The lowest BCUT2D eigenvalue weighted by atomic mass is 10.0. The molecule has 170 valence electrons. The van der Waals surface area contributed by atoms with Crippen molar-refractivity contribution in [2.24, 2.45) is 0 Å². The molecular weight excluding hydrogens is 424 g/mol. The molecule has 34 heavy (non-hydrogen) atoms. The van der Waals surface area contributed by atoms with E-state index >= 15 is 0 Å². The first-order valence-electron chi connectivity index (χ1n) is 11.4. The Hall–Kier alpha value is -4.19. The van der Waals surface area contributed by atoms with Crippen LogP contribution in [0.3, 0.4) is 0 Å². The second kappa shape index (κ2) is 9.35. The topological polar surface area (TPSA) is 68.9 Å². The van der Waals surface area contributed by atoms with Gasteiger partial charge in [-0.1, -0.05) is 85.8 Å². The molecule has 5 aromatic rings. The summed E-state index contributed by atoms with van der Waals surface area (Å²) in [7, 11) is 0. The van der Waals surface area contributed by atoms with Crippen molar-refractivity contribution < 1.29 is 4.79 Å². The zero-order chi connectivity index (χ0) is 23.5. The number of fused-ring (bicyclic) bond motifs is 3. The Morgan fingerprint density at radius 2 is 1.59 bits per heavy atom. The van der Waals surface area contributed by atoms with Gasteiger partial charge in [0.25, 0.3) is 5.56 Å². The van der Waals surface area contributed by atoms with E-state index in [9.17, 15) is 9.59 Å². The van der Waals surface area contributed by atoms with E-state index in [0.29, 0.717) is 18.6 Å². The molecule has 1 atom stereocenters. The van der Waals surface area contributed by atoms with Crippen LogP contribution in [0, 0.1) is 0 Å². The summed E-state index contributed by atoms with van der Waals surface area (Å²) in [6.07, 6.45) is 1.69. The third kappa shape index (κ3) is 4.22. The lowest BCUT2D eigenvalue weighted by Gasteiger charge is -2.13. The maximum Gasteiger partial charge on any atom is 0.291 e. The predicted molar refractivity (Wildman–Crippen MR) is 135 cm³/mol. The Bertz CT molecular complexity index is 1500. The summed E-state index contributed by atoms with van der Waals surface area (Å²) >= 11 is 0. The first-order chi connectivity index (χ1) is 16.6. The van der Waals surface area contributed by atoms with Crippen molar-refractivity contribution in [3.05, 3.63) is 113 Å². The van der Waals surface area contributed by atoms with Gasteiger partial charge in [0.2, 0.25) is 5.91 Å². The van der Waals surface area contributed by atoms with Crippen LogP contribution in [0.15, 0.2) is 95.9 Å². The van der Waals surface area contributed by atoms with Crippen LogP contribution in [0.2, 0.25) is 0 Å². The van der Waals surface area contributed by atoms with Gasteiger partial charge in [-0.15, -0.1) is 0 Å². The van der Waals surface area contributed by atoms with E-state index in [0.717, 1.165) is 27.4 Å². The lowest BCUT2D eigenvalue weighted by Crippen LogP contribution is -2.35. The van der Waals surface area contributed by atoms with Gasteiger partial charge in [-0.3, -0.25) is 9.59 Å². The third-order valence-electron chi connectivity index (χ3n) is 6.22. The molecule has 2 aromatic heterocycles. The normalized spacial score (nSPS) is 12.1. The SMILES string of the molecule is C[C@@H](CNC(=O)Cn1ncc2c3ccccc3n(Cc3ccccc3)c2c1=O)c1ccccc1. The fraction of sp³-hybridized carbons (Fsp3) is 0.179. The van der Waals surface area contributed by atoms with Crippen molar-refractivity contribution in [3.63, 3.8) is 0 Å². The van der Waals surface area contributed by atoms with Crippen molar-refractivity contribution in [1.29, 1.82) is 0 Å². The highest BCUT2D eigenvalue weighted by molar-refractivity contribution is 6.07. The molecule has 6 nitrogen and oxygen atoms in total. The molecule has 0 aliphatic rings. The molecule has 3 aromatic carbocycles. The van der Waals surface area contributed by atoms with Crippen LogP contribution < -0.4 is 10.9 Å². The summed E-state index contributed by atoms with van der Waals surface area (Å²) in [5.41, 5.74) is 3.52. The van der Waals surface area contributed by atoms with Crippen LogP contribution in [-0.4, -0.2) is 26.8 Å². The van der Waals surface area contributed by atoms with E-state index < -0.39 is 0 Å². The Balaban J connectivity index is 1.44. The van der Waals surface area contributed by atoms with Crippen LogP contribution in [-0.2, 0) is 17.9 Å². The van der Waals surface area contributed by atoms with Gasteiger partial charge in [0.05, 0.1) is 6.20 Å². The van der Waals surface area contributed by atoms with E-state index in [1.807, 2.05) is 89.5 Å². The van der Waals surface area contributed by atoms with Crippen LogP contribution in [0.5, 0.6) is 0 Å². The van der Waals surface area contributed by atoms with Crippen molar-refractivity contribution in [3.8, 4) is 0 Å². The van der Waals surface area contributed by atoms with Crippen LogP contribution in [0.25, 0.3) is 21.8 Å². The molecular formula is C28H26N4O2. The van der Waals surface area contributed by atoms with Gasteiger partial charge in [0.1, 0.15) is 12.1 Å². The van der Waals surface area contributed by atoms with E-state index in [-0.39, 0.29) is 23.9 Å². The molecule has 0 aliphatic heterocycles. The van der Waals surface area contributed by atoms with Gasteiger partial charge >= 0.3 is 0 Å². The average Bonchev–Trinajstić information content (AvgIpc) is 3.19. The highest BCUT2D eigenvalue weighted by atomic mass is 16.2. The standard InChI is InChI=1S/C28H26N4O2/c1-20(22-12-6-3-7-13-22)16-29-26(33)19-32-28(34)27-24(17-30-32)23-14-8-9-15-25(23)31(27)18-21-10-4-2-5-11-21/h2-15,17,20H,16,18-19H2,1H3,(H,29,33)/t20-/m0/s1. The van der Waals surface area contributed by atoms with E-state index in [2.05, 4.69) is 17.3 Å². The zero-order valence-electron chi connectivity index (χ0n) is 19.0.